The first-order valence-electron chi connectivity index (χ1n) is 4.77. The molecule has 0 bridgehead atoms. The minimum Gasteiger partial charge on any atom is -0.385 e. The zero-order chi connectivity index (χ0) is 10.8. The normalized spacial score (nSPS) is 15.2. The highest BCUT2D eigenvalue weighted by Crippen LogP contribution is 2.30. The molecule has 0 aliphatic carbocycles. The maximum atomic E-state index is 10.8. The largest absolute Gasteiger partial charge is 0.385 e. The molecule has 14 heavy (non-hydrogen) atoms. The molecule has 2 nitrogen and oxygen atoms in total. The minimum absolute atomic E-state index is 0.0728. The van der Waals surface area contributed by atoms with Crippen molar-refractivity contribution in [3.05, 3.63) is 35.4 Å². The molecule has 1 N–H and O–H groups in total. The number of carbonyl (C=O) groups excluding carboxylic acids is 1. The van der Waals surface area contributed by atoms with Gasteiger partial charge in [0.1, 0.15) is 6.29 Å². The quantitative estimate of drug-likeness (QED) is 0.746. The summed E-state index contributed by atoms with van der Waals surface area (Å²) < 4.78 is 0. The average molecular weight is 192 g/mol. The van der Waals surface area contributed by atoms with E-state index in [0.717, 1.165) is 6.29 Å². The highest BCUT2D eigenvalue weighted by molar-refractivity contribution is 5.77. The molecule has 0 saturated heterocycles. The van der Waals surface area contributed by atoms with E-state index in [9.17, 15) is 9.90 Å². The van der Waals surface area contributed by atoms with Crippen molar-refractivity contribution in [3.63, 3.8) is 0 Å². The second-order valence-corrected chi connectivity index (χ2v) is 4.01. The molecular formula is C12H16O2. The van der Waals surface area contributed by atoms with Gasteiger partial charge in [-0.3, -0.25) is 4.79 Å². The predicted octanol–water partition coefficient (Wildman–Crippen LogP) is 2.36. The third kappa shape index (κ3) is 1.85. The van der Waals surface area contributed by atoms with Gasteiger partial charge in [-0.1, -0.05) is 38.1 Å². The fourth-order valence-corrected chi connectivity index (χ4v) is 1.37. The second kappa shape index (κ2) is 3.93. The Kier molecular flexibility index (Phi) is 3.06. The van der Waals surface area contributed by atoms with E-state index >= 15 is 0 Å². The molecule has 0 heterocycles. The Bertz CT molecular complexity index is 327. The van der Waals surface area contributed by atoms with Crippen molar-refractivity contribution in [2.24, 2.45) is 5.92 Å². The third-order valence-corrected chi connectivity index (χ3v) is 2.76. The maximum Gasteiger partial charge on any atom is 0.150 e. The lowest BCUT2D eigenvalue weighted by molar-refractivity contribution is 0.00849. The lowest BCUT2D eigenvalue weighted by Crippen LogP contribution is -2.29. The molecule has 76 valence electrons. The maximum absolute atomic E-state index is 10.8. The molecule has 0 radical (unpaired) electrons. The minimum atomic E-state index is -0.947. The van der Waals surface area contributed by atoms with Crippen molar-refractivity contribution in [2.75, 3.05) is 0 Å². The highest BCUT2D eigenvalue weighted by Gasteiger charge is 2.29. The predicted molar refractivity (Wildman–Crippen MR) is 56.2 cm³/mol. The first-order chi connectivity index (χ1) is 6.50. The van der Waals surface area contributed by atoms with Crippen LogP contribution < -0.4 is 0 Å². The van der Waals surface area contributed by atoms with Crippen molar-refractivity contribution in [1.29, 1.82) is 0 Å². The van der Waals surface area contributed by atoms with Gasteiger partial charge in [0.2, 0.25) is 0 Å². The van der Waals surface area contributed by atoms with Gasteiger partial charge in [0.25, 0.3) is 0 Å². The van der Waals surface area contributed by atoms with E-state index in [4.69, 9.17) is 0 Å². The van der Waals surface area contributed by atoms with Gasteiger partial charge in [-0.05, 0) is 18.4 Å². The molecule has 0 aromatic heterocycles. The van der Waals surface area contributed by atoms with Crippen LogP contribution in [0.15, 0.2) is 24.3 Å². The van der Waals surface area contributed by atoms with Gasteiger partial charge in [0.15, 0.2) is 0 Å². The molecule has 1 atom stereocenters. The van der Waals surface area contributed by atoms with Gasteiger partial charge in [-0.25, -0.2) is 0 Å². The van der Waals surface area contributed by atoms with Crippen LogP contribution in [0.2, 0.25) is 0 Å². The standard InChI is InChI=1S/C12H16O2/c1-9(2)12(3,14)11-7-5-4-6-10(11)8-13/h4-9,14H,1-3H3. The Morgan fingerprint density at radius 2 is 1.93 bits per heavy atom. The average Bonchev–Trinajstić information content (AvgIpc) is 2.17. The van der Waals surface area contributed by atoms with Crippen molar-refractivity contribution in [1.82, 2.24) is 0 Å². The van der Waals surface area contributed by atoms with Crippen molar-refractivity contribution in [2.45, 2.75) is 26.4 Å². The van der Waals surface area contributed by atoms with E-state index in [-0.39, 0.29) is 5.92 Å². The van der Waals surface area contributed by atoms with Crippen LogP contribution in [0.1, 0.15) is 36.7 Å². The monoisotopic (exact) mass is 192 g/mol. The summed E-state index contributed by atoms with van der Waals surface area (Å²) in [5, 5.41) is 10.2. The van der Waals surface area contributed by atoms with Crippen LogP contribution in [0.5, 0.6) is 0 Å². The van der Waals surface area contributed by atoms with Crippen LogP contribution in [-0.2, 0) is 5.60 Å². The SMILES string of the molecule is CC(C)C(C)(O)c1ccccc1C=O. The molecule has 1 rings (SSSR count). The number of rotatable bonds is 3. The molecule has 0 spiro atoms. The molecule has 0 aliphatic rings. The first-order valence-corrected chi connectivity index (χ1v) is 4.77. The van der Waals surface area contributed by atoms with E-state index in [0.29, 0.717) is 11.1 Å². The fourth-order valence-electron chi connectivity index (χ4n) is 1.37. The number of hydrogen-bond donors (Lipinski definition) is 1. The van der Waals surface area contributed by atoms with Crippen molar-refractivity contribution < 1.29 is 9.90 Å². The fraction of sp³-hybridized carbons (Fsp3) is 0.417. The second-order valence-electron chi connectivity index (χ2n) is 4.01. The Hall–Kier alpha value is -1.15. The van der Waals surface area contributed by atoms with E-state index < -0.39 is 5.60 Å². The zero-order valence-corrected chi connectivity index (χ0v) is 8.82. The summed E-state index contributed by atoms with van der Waals surface area (Å²) in [6, 6.07) is 7.14. The summed E-state index contributed by atoms with van der Waals surface area (Å²) in [4.78, 5) is 10.8. The number of aldehydes is 1. The lowest BCUT2D eigenvalue weighted by atomic mass is 9.83. The zero-order valence-electron chi connectivity index (χ0n) is 8.82. The summed E-state index contributed by atoms with van der Waals surface area (Å²) >= 11 is 0. The number of carbonyl (C=O) groups is 1. The van der Waals surface area contributed by atoms with Gasteiger partial charge in [0, 0.05) is 5.56 Å². The Balaban J connectivity index is 3.24. The van der Waals surface area contributed by atoms with Gasteiger partial charge >= 0.3 is 0 Å². The molecule has 2 heteroatoms. The molecule has 1 aromatic rings. The van der Waals surface area contributed by atoms with Crippen molar-refractivity contribution in [3.8, 4) is 0 Å². The third-order valence-electron chi connectivity index (χ3n) is 2.76. The number of aliphatic hydroxyl groups is 1. The smallest absolute Gasteiger partial charge is 0.150 e. The van der Waals surface area contributed by atoms with Gasteiger partial charge in [0.05, 0.1) is 5.60 Å². The van der Waals surface area contributed by atoms with Crippen LogP contribution in [0.25, 0.3) is 0 Å². The van der Waals surface area contributed by atoms with Crippen molar-refractivity contribution >= 4 is 6.29 Å². The molecule has 1 aromatic carbocycles. The van der Waals surface area contributed by atoms with Crippen LogP contribution in [0.4, 0.5) is 0 Å². The van der Waals surface area contributed by atoms with Gasteiger partial charge in [-0.2, -0.15) is 0 Å². The van der Waals surface area contributed by atoms with Crippen LogP contribution >= 0.6 is 0 Å². The van der Waals surface area contributed by atoms with Gasteiger partial charge < -0.3 is 5.11 Å². The summed E-state index contributed by atoms with van der Waals surface area (Å²) in [5.74, 6) is 0.0728. The van der Waals surface area contributed by atoms with Crippen LogP contribution in [0.3, 0.4) is 0 Å². The first kappa shape index (κ1) is 10.9. The number of hydrogen-bond acceptors (Lipinski definition) is 2. The lowest BCUT2D eigenvalue weighted by Gasteiger charge is -2.29. The summed E-state index contributed by atoms with van der Waals surface area (Å²) in [6.45, 7) is 5.60. The Morgan fingerprint density at radius 1 is 1.36 bits per heavy atom. The molecular weight excluding hydrogens is 176 g/mol. The number of benzene rings is 1. The molecule has 0 aliphatic heterocycles. The summed E-state index contributed by atoms with van der Waals surface area (Å²) in [6.07, 6.45) is 0.784. The highest BCUT2D eigenvalue weighted by atomic mass is 16.3. The summed E-state index contributed by atoms with van der Waals surface area (Å²) in [7, 11) is 0. The van der Waals surface area contributed by atoms with Crippen LogP contribution in [0, 0.1) is 5.92 Å². The van der Waals surface area contributed by atoms with E-state index in [1.54, 1.807) is 25.1 Å². The van der Waals surface area contributed by atoms with E-state index in [1.807, 2.05) is 19.9 Å². The Labute approximate surface area is 84.6 Å². The van der Waals surface area contributed by atoms with E-state index in [2.05, 4.69) is 0 Å². The summed E-state index contributed by atoms with van der Waals surface area (Å²) in [5.41, 5.74) is 0.313. The molecule has 0 saturated carbocycles. The van der Waals surface area contributed by atoms with E-state index in [1.165, 1.54) is 0 Å². The molecule has 0 fully saturated rings. The topological polar surface area (TPSA) is 37.3 Å². The molecule has 0 amide bonds. The molecule has 1 unspecified atom stereocenters. The van der Waals surface area contributed by atoms with Gasteiger partial charge in [-0.15, -0.1) is 0 Å². The Morgan fingerprint density at radius 3 is 2.43 bits per heavy atom. The van der Waals surface area contributed by atoms with Crippen LogP contribution in [-0.4, -0.2) is 11.4 Å².